The molecule has 2 aliphatic rings. The lowest BCUT2D eigenvalue weighted by atomic mass is 10.0. The molecule has 0 aromatic carbocycles. The van der Waals surface area contributed by atoms with Crippen LogP contribution in [0.2, 0.25) is 0 Å². The van der Waals surface area contributed by atoms with Crippen LogP contribution in [-0.2, 0) is 9.53 Å². The van der Waals surface area contributed by atoms with Crippen LogP contribution in [0.15, 0.2) is 0 Å². The number of rotatable bonds is 4. The van der Waals surface area contributed by atoms with E-state index in [-0.39, 0.29) is 29.7 Å². The number of aliphatic hydroxyl groups is 1. The smallest absolute Gasteiger partial charge is 0.237 e. The normalized spacial score (nSPS) is 28.5. The van der Waals surface area contributed by atoms with E-state index in [0.717, 1.165) is 25.9 Å². The topological polar surface area (TPSA) is 73.8 Å². The third-order valence-corrected chi connectivity index (χ3v) is 4.32. The van der Waals surface area contributed by atoms with Crippen LogP contribution in [0.4, 0.5) is 0 Å². The van der Waals surface area contributed by atoms with Gasteiger partial charge in [0.1, 0.15) is 0 Å². The molecule has 2 saturated heterocycles. The number of carbonyl (C=O) groups excluding carboxylic acids is 1. The second-order valence-corrected chi connectivity index (χ2v) is 7.48. The summed E-state index contributed by atoms with van der Waals surface area (Å²) < 4.78 is 5.80. The Morgan fingerprint density at radius 1 is 1.27 bits per heavy atom. The molecule has 0 unspecified atom stereocenters. The lowest BCUT2D eigenvalue weighted by Gasteiger charge is -2.35. The van der Waals surface area contributed by atoms with Crippen molar-refractivity contribution in [2.45, 2.75) is 70.2 Å². The Labute approximate surface area is 133 Å². The second-order valence-electron chi connectivity index (χ2n) is 7.48. The van der Waals surface area contributed by atoms with Gasteiger partial charge in [-0.2, -0.15) is 0 Å². The van der Waals surface area contributed by atoms with Crippen LogP contribution < -0.4 is 10.6 Å². The molecule has 2 atom stereocenters. The van der Waals surface area contributed by atoms with Gasteiger partial charge in [0, 0.05) is 25.7 Å². The Morgan fingerprint density at radius 2 is 1.95 bits per heavy atom. The number of nitrogens with zero attached hydrogens (tertiary/aromatic N) is 1. The third kappa shape index (κ3) is 5.83. The first-order valence-electron chi connectivity index (χ1n) is 8.41. The molecule has 0 saturated carbocycles. The molecule has 0 aliphatic carbocycles. The SMILES string of the molecule is CC(C)(C)OCN1CCC(NC(=O)[C@@H]2CC[C@H](O)CN2)CC1. The highest BCUT2D eigenvalue weighted by atomic mass is 16.5. The fourth-order valence-corrected chi connectivity index (χ4v) is 2.86. The van der Waals surface area contributed by atoms with Crippen LogP contribution >= 0.6 is 0 Å². The van der Waals surface area contributed by atoms with Crippen LogP contribution in [-0.4, -0.2) is 66.1 Å². The maximum atomic E-state index is 12.2. The Bertz CT molecular complexity index is 354. The van der Waals surface area contributed by atoms with Crippen LogP contribution in [0.3, 0.4) is 0 Å². The van der Waals surface area contributed by atoms with Crippen LogP contribution in [0.25, 0.3) is 0 Å². The zero-order chi connectivity index (χ0) is 16.2. The minimum Gasteiger partial charge on any atom is -0.392 e. The summed E-state index contributed by atoms with van der Waals surface area (Å²) >= 11 is 0. The summed E-state index contributed by atoms with van der Waals surface area (Å²) in [5.41, 5.74) is -0.109. The first-order valence-corrected chi connectivity index (χ1v) is 8.41. The Hall–Kier alpha value is -0.690. The summed E-state index contributed by atoms with van der Waals surface area (Å²) in [6, 6.07) is 0.109. The predicted molar refractivity (Wildman–Crippen MR) is 85.5 cm³/mol. The van der Waals surface area contributed by atoms with E-state index in [9.17, 15) is 9.90 Å². The highest BCUT2D eigenvalue weighted by molar-refractivity contribution is 5.82. The van der Waals surface area contributed by atoms with Gasteiger partial charge in [0.15, 0.2) is 0 Å². The van der Waals surface area contributed by atoms with Crippen LogP contribution in [0, 0.1) is 0 Å². The van der Waals surface area contributed by atoms with Crippen LogP contribution in [0.5, 0.6) is 0 Å². The number of nitrogens with one attached hydrogen (secondary N) is 2. The van der Waals surface area contributed by atoms with Crippen molar-refractivity contribution in [2.24, 2.45) is 0 Å². The van der Waals surface area contributed by atoms with Gasteiger partial charge < -0.3 is 20.5 Å². The maximum absolute atomic E-state index is 12.2. The maximum Gasteiger partial charge on any atom is 0.237 e. The second kappa shape index (κ2) is 7.73. The van der Waals surface area contributed by atoms with Gasteiger partial charge >= 0.3 is 0 Å². The fraction of sp³-hybridized carbons (Fsp3) is 0.938. The van der Waals surface area contributed by atoms with Gasteiger partial charge in [-0.3, -0.25) is 9.69 Å². The average Bonchev–Trinajstić information content (AvgIpc) is 2.46. The van der Waals surface area contributed by atoms with Crippen molar-refractivity contribution in [2.75, 3.05) is 26.4 Å². The number of piperidine rings is 2. The Morgan fingerprint density at radius 3 is 2.50 bits per heavy atom. The summed E-state index contributed by atoms with van der Waals surface area (Å²) in [7, 11) is 0. The van der Waals surface area contributed by atoms with Gasteiger partial charge in [0.05, 0.1) is 24.5 Å². The molecule has 0 spiro atoms. The lowest BCUT2D eigenvalue weighted by molar-refractivity contribution is -0.125. The summed E-state index contributed by atoms with van der Waals surface area (Å²) in [5.74, 6) is 0.0799. The van der Waals surface area contributed by atoms with E-state index in [1.807, 2.05) is 0 Å². The minimum absolute atomic E-state index is 0.0799. The highest BCUT2D eigenvalue weighted by Gasteiger charge is 2.28. The van der Waals surface area contributed by atoms with E-state index < -0.39 is 0 Å². The standard InChI is InChI=1S/C16H31N3O3/c1-16(2,3)22-11-19-8-6-12(7-9-19)18-15(21)14-5-4-13(20)10-17-14/h12-14,17,20H,4-11H2,1-3H3,(H,18,21)/t13-,14-/m0/s1. The molecular formula is C16H31N3O3. The molecule has 0 radical (unpaired) electrons. The first-order chi connectivity index (χ1) is 10.3. The number of ether oxygens (including phenoxy) is 1. The molecule has 3 N–H and O–H groups in total. The van der Waals surface area contributed by atoms with Gasteiger partial charge in [0.2, 0.25) is 5.91 Å². The van der Waals surface area contributed by atoms with Crippen molar-refractivity contribution in [3.63, 3.8) is 0 Å². The van der Waals surface area contributed by atoms with Crippen molar-refractivity contribution in [1.82, 2.24) is 15.5 Å². The van der Waals surface area contributed by atoms with E-state index in [1.165, 1.54) is 0 Å². The molecule has 128 valence electrons. The molecule has 0 bridgehead atoms. The number of carbonyl (C=O) groups is 1. The first kappa shape index (κ1) is 17.7. The highest BCUT2D eigenvalue weighted by Crippen LogP contribution is 2.14. The van der Waals surface area contributed by atoms with Crippen molar-refractivity contribution < 1.29 is 14.6 Å². The van der Waals surface area contributed by atoms with Gasteiger partial charge in [0.25, 0.3) is 0 Å². The van der Waals surface area contributed by atoms with Gasteiger partial charge in [-0.25, -0.2) is 0 Å². The van der Waals surface area contributed by atoms with Crippen molar-refractivity contribution in [3.8, 4) is 0 Å². The number of likely N-dealkylation sites (tertiary alicyclic amines) is 1. The molecular weight excluding hydrogens is 282 g/mol. The minimum atomic E-state index is -0.310. The van der Waals surface area contributed by atoms with Gasteiger partial charge in [-0.1, -0.05) is 0 Å². The molecule has 1 amide bonds. The Balaban J connectivity index is 1.65. The number of amides is 1. The molecule has 6 heteroatoms. The predicted octanol–water partition coefficient (Wildman–Crippen LogP) is 0.453. The number of aliphatic hydroxyl groups excluding tert-OH is 1. The van der Waals surface area contributed by atoms with E-state index in [4.69, 9.17) is 4.74 Å². The van der Waals surface area contributed by atoms with E-state index in [0.29, 0.717) is 26.1 Å². The Kier molecular flexibility index (Phi) is 6.20. The van der Waals surface area contributed by atoms with E-state index in [2.05, 4.69) is 36.3 Å². The monoisotopic (exact) mass is 313 g/mol. The molecule has 22 heavy (non-hydrogen) atoms. The molecule has 6 nitrogen and oxygen atoms in total. The fourth-order valence-electron chi connectivity index (χ4n) is 2.86. The van der Waals surface area contributed by atoms with E-state index >= 15 is 0 Å². The summed E-state index contributed by atoms with van der Waals surface area (Å²) in [4.78, 5) is 14.5. The van der Waals surface area contributed by atoms with Crippen molar-refractivity contribution >= 4 is 5.91 Å². The zero-order valence-electron chi connectivity index (χ0n) is 14.1. The lowest BCUT2D eigenvalue weighted by Crippen LogP contribution is -2.54. The van der Waals surface area contributed by atoms with Gasteiger partial charge in [-0.15, -0.1) is 0 Å². The molecule has 2 aliphatic heterocycles. The van der Waals surface area contributed by atoms with Gasteiger partial charge in [-0.05, 0) is 46.5 Å². The zero-order valence-corrected chi connectivity index (χ0v) is 14.1. The largest absolute Gasteiger partial charge is 0.392 e. The van der Waals surface area contributed by atoms with E-state index in [1.54, 1.807) is 0 Å². The number of hydrogen-bond acceptors (Lipinski definition) is 5. The quantitative estimate of drug-likeness (QED) is 0.703. The number of β-amino-alcohol motifs (C(OH)–C–C–N with tert-alkyl or cyclic N) is 1. The average molecular weight is 313 g/mol. The molecule has 2 rings (SSSR count). The molecule has 2 fully saturated rings. The summed E-state index contributed by atoms with van der Waals surface area (Å²) in [6.07, 6.45) is 3.04. The van der Waals surface area contributed by atoms with Crippen molar-refractivity contribution in [1.29, 1.82) is 0 Å². The van der Waals surface area contributed by atoms with Crippen LogP contribution in [0.1, 0.15) is 46.5 Å². The molecule has 2 heterocycles. The van der Waals surface area contributed by atoms with Crippen molar-refractivity contribution in [3.05, 3.63) is 0 Å². The number of hydrogen-bond donors (Lipinski definition) is 3. The summed E-state index contributed by atoms with van der Waals surface area (Å²) in [6.45, 7) is 9.28. The molecule has 0 aromatic heterocycles. The summed E-state index contributed by atoms with van der Waals surface area (Å²) in [5, 5.41) is 15.7. The molecule has 0 aromatic rings. The third-order valence-electron chi connectivity index (χ3n) is 4.32.